The highest BCUT2D eigenvalue weighted by Gasteiger charge is 2.52. The largest absolute Gasteiger partial charge is 0.492 e. The fourth-order valence-corrected chi connectivity index (χ4v) is 7.91. The van der Waals surface area contributed by atoms with Crippen LogP contribution in [0, 0.1) is 0 Å². The van der Waals surface area contributed by atoms with Gasteiger partial charge in [-0.2, -0.15) is 0 Å². The standard InChI is InChI=1S/C38H56ClNO6S/c1-5-9-19-41-26-31-34(43-20-10-6-2)36(45-22-12-8-4)35(44-21-11-7-3)33(46-31)27-15-16-29(39)28(24-27)38(17-18-38)37-40-25-32(47-37)30-14-13-23-42-30/h14-16,24-25,31,33-36H,5-13,17-23,26H2,1-4H3/t31-,33+,34-,35+,36+/m1/s1. The van der Waals surface area contributed by atoms with Crippen molar-refractivity contribution in [2.75, 3.05) is 39.6 Å². The van der Waals surface area contributed by atoms with Crippen LogP contribution in [0.5, 0.6) is 0 Å². The molecule has 1 aromatic heterocycles. The van der Waals surface area contributed by atoms with Gasteiger partial charge in [0.1, 0.15) is 41.3 Å². The van der Waals surface area contributed by atoms with E-state index in [1.54, 1.807) is 11.3 Å². The van der Waals surface area contributed by atoms with E-state index in [9.17, 15) is 0 Å². The van der Waals surface area contributed by atoms with Crippen molar-refractivity contribution in [1.29, 1.82) is 0 Å². The number of halogens is 1. The molecule has 1 saturated carbocycles. The van der Waals surface area contributed by atoms with Gasteiger partial charge in [-0.05, 0) is 61.8 Å². The maximum Gasteiger partial charge on any atom is 0.134 e. The minimum Gasteiger partial charge on any atom is -0.492 e. The van der Waals surface area contributed by atoms with Crippen molar-refractivity contribution in [3.8, 4) is 0 Å². The predicted molar refractivity (Wildman–Crippen MR) is 189 cm³/mol. The zero-order chi connectivity index (χ0) is 33.1. The summed E-state index contributed by atoms with van der Waals surface area (Å²) < 4.78 is 39.2. The average molecular weight is 690 g/mol. The molecule has 0 radical (unpaired) electrons. The molecule has 262 valence electrons. The lowest BCUT2D eigenvalue weighted by Crippen LogP contribution is -2.58. The van der Waals surface area contributed by atoms with Crippen molar-refractivity contribution in [3.63, 3.8) is 0 Å². The molecular formula is C38H56ClNO6S. The third-order valence-corrected chi connectivity index (χ3v) is 11.0. The molecule has 7 nitrogen and oxygen atoms in total. The Bertz CT molecular complexity index is 1260. The first-order chi connectivity index (χ1) is 23.1. The molecule has 0 spiro atoms. The fraction of sp³-hybridized carbons (Fsp3) is 0.711. The van der Waals surface area contributed by atoms with Crippen LogP contribution in [0.4, 0.5) is 0 Å². The van der Waals surface area contributed by atoms with E-state index in [2.05, 4.69) is 45.9 Å². The molecule has 5 rings (SSSR count). The Hall–Kier alpha value is -1.52. The number of aromatic nitrogens is 1. The van der Waals surface area contributed by atoms with Crippen LogP contribution < -0.4 is 0 Å². The number of hydrogen-bond acceptors (Lipinski definition) is 8. The summed E-state index contributed by atoms with van der Waals surface area (Å²) in [6.45, 7) is 12.6. The van der Waals surface area contributed by atoms with Gasteiger partial charge >= 0.3 is 0 Å². The molecule has 1 aliphatic carbocycles. The van der Waals surface area contributed by atoms with E-state index in [-0.39, 0.29) is 35.9 Å². The van der Waals surface area contributed by atoms with Crippen molar-refractivity contribution in [1.82, 2.24) is 4.98 Å². The lowest BCUT2D eigenvalue weighted by atomic mass is 9.87. The molecule has 0 bridgehead atoms. The molecule has 3 heterocycles. The van der Waals surface area contributed by atoms with Crippen LogP contribution >= 0.6 is 22.9 Å². The summed E-state index contributed by atoms with van der Waals surface area (Å²) in [6.07, 6.45) is 13.7. The van der Waals surface area contributed by atoms with E-state index in [0.29, 0.717) is 33.0 Å². The fourth-order valence-electron chi connectivity index (χ4n) is 6.44. The molecule has 1 saturated heterocycles. The van der Waals surface area contributed by atoms with Crippen LogP contribution in [-0.4, -0.2) is 69.0 Å². The third-order valence-electron chi connectivity index (χ3n) is 9.43. The molecule has 0 amide bonds. The first kappa shape index (κ1) is 36.8. The van der Waals surface area contributed by atoms with E-state index in [0.717, 1.165) is 109 Å². The molecule has 0 unspecified atom stereocenters. The smallest absolute Gasteiger partial charge is 0.134 e. The number of unbranched alkanes of at least 4 members (excludes halogenated alkanes) is 4. The van der Waals surface area contributed by atoms with Crippen molar-refractivity contribution in [3.05, 3.63) is 56.5 Å². The summed E-state index contributed by atoms with van der Waals surface area (Å²) in [5.41, 5.74) is 1.95. The normalized spacial score (nSPS) is 25.1. The van der Waals surface area contributed by atoms with Crippen LogP contribution in [-0.2, 0) is 33.8 Å². The summed E-state index contributed by atoms with van der Waals surface area (Å²) in [6, 6.07) is 6.38. The molecule has 2 fully saturated rings. The summed E-state index contributed by atoms with van der Waals surface area (Å²) in [5, 5.41) is 1.85. The zero-order valence-electron chi connectivity index (χ0n) is 29.0. The van der Waals surface area contributed by atoms with Gasteiger partial charge in [0.05, 0.1) is 18.1 Å². The second kappa shape index (κ2) is 18.5. The number of nitrogens with zero attached hydrogens (tertiary/aromatic N) is 1. The first-order valence-corrected chi connectivity index (χ1v) is 19.4. The van der Waals surface area contributed by atoms with Gasteiger partial charge in [0.2, 0.25) is 0 Å². The Balaban J connectivity index is 1.49. The molecule has 47 heavy (non-hydrogen) atoms. The minimum atomic E-state index is -0.361. The Kier molecular flexibility index (Phi) is 14.4. The van der Waals surface area contributed by atoms with E-state index in [4.69, 9.17) is 45.0 Å². The van der Waals surface area contributed by atoms with Crippen molar-refractivity contribution < 1.29 is 28.4 Å². The highest BCUT2D eigenvalue weighted by atomic mass is 35.5. The summed E-state index contributed by atoms with van der Waals surface area (Å²) in [7, 11) is 0. The van der Waals surface area contributed by atoms with Crippen LogP contribution in [0.15, 0.2) is 30.5 Å². The quantitative estimate of drug-likeness (QED) is 0.121. The molecule has 2 aromatic rings. The van der Waals surface area contributed by atoms with Crippen molar-refractivity contribution in [2.24, 2.45) is 0 Å². The molecule has 9 heteroatoms. The van der Waals surface area contributed by atoms with Gasteiger partial charge in [-0.1, -0.05) is 77.1 Å². The Labute approximate surface area is 291 Å². The van der Waals surface area contributed by atoms with E-state index in [1.165, 1.54) is 0 Å². The van der Waals surface area contributed by atoms with E-state index < -0.39 is 0 Å². The SMILES string of the molecule is CCCCOC[C@H]1O[C@@H](c2ccc(Cl)c(C3(c4ncc(C5=CCCO5)s4)CC3)c2)[C@H](OCCCC)[C@@H](OCCCC)[C@@H]1OCCCC. The molecule has 1 aromatic carbocycles. The van der Waals surface area contributed by atoms with Gasteiger partial charge in [0.25, 0.3) is 0 Å². The zero-order valence-corrected chi connectivity index (χ0v) is 30.5. The topological polar surface area (TPSA) is 68.3 Å². The summed E-state index contributed by atoms with van der Waals surface area (Å²) in [4.78, 5) is 6.00. The van der Waals surface area contributed by atoms with Gasteiger partial charge in [-0.15, -0.1) is 11.3 Å². The molecule has 5 atom stereocenters. The van der Waals surface area contributed by atoms with Crippen LogP contribution in [0.1, 0.15) is 125 Å². The molecule has 2 aliphatic heterocycles. The second-order valence-corrected chi connectivity index (χ2v) is 14.6. The highest BCUT2D eigenvalue weighted by Crippen LogP contribution is 2.57. The molecule has 3 aliphatic rings. The van der Waals surface area contributed by atoms with E-state index in [1.807, 2.05) is 12.3 Å². The van der Waals surface area contributed by atoms with Gasteiger partial charge in [0.15, 0.2) is 0 Å². The highest BCUT2D eigenvalue weighted by molar-refractivity contribution is 7.12. The van der Waals surface area contributed by atoms with E-state index >= 15 is 0 Å². The lowest BCUT2D eigenvalue weighted by molar-refractivity contribution is -0.268. The lowest BCUT2D eigenvalue weighted by Gasteiger charge is -2.46. The number of ether oxygens (including phenoxy) is 6. The molecule has 0 N–H and O–H groups in total. The number of hydrogen-bond donors (Lipinski definition) is 0. The number of thiazole rings is 1. The maximum atomic E-state index is 7.05. The monoisotopic (exact) mass is 689 g/mol. The van der Waals surface area contributed by atoms with Gasteiger partial charge in [-0.25, -0.2) is 4.98 Å². The minimum absolute atomic E-state index is 0.200. The van der Waals surface area contributed by atoms with Crippen LogP contribution in [0.25, 0.3) is 5.76 Å². The van der Waals surface area contributed by atoms with Gasteiger partial charge in [0, 0.05) is 49.5 Å². The van der Waals surface area contributed by atoms with Crippen molar-refractivity contribution in [2.45, 2.75) is 134 Å². The summed E-state index contributed by atoms with van der Waals surface area (Å²) >= 11 is 8.74. The maximum absolute atomic E-state index is 7.05. The Morgan fingerprint density at radius 1 is 0.872 bits per heavy atom. The predicted octanol–water partition coefficient (Wildman–Crippen LogP) is 9.45. The number of benzene rings is 1. The third kappa shape index (κ3) is 9.19. The summed E-state index contributed by atoms with van der Waals surface area (Å²) in [5.74, 6) is 0.948. The number of rotatable bonds is 21. The molecular weight excluding hydrogens is 634 g/mol. The second-order valence-electron chi connectivity index (χ2n) is 13.1. The van der Waals surface area contributed by atoms with Crippen LogP contribution in [0.2, 0.25) is 5.02 Å². The first-order valence-electron chi connectivity index (χ1n) is 18.2. The van der Waals surface area contributed by atoms with Gasteiger partial charge in [-0.3, -0.25) is 0 Å². The van der Waals surface area contributed by atoms with Gasteiger partial charge < -0.3 is 28.4 Å². The Morgan fingerprint density at radius 3 is 2.17 bits per heavy atom. The van der Waals surface area contributed by atoms with Crippen molar-refractivity contribution >= 4 is 28.7 Å². The average Bonchev–Trinajstić information content (AvgIpc) is 3.44. The Morgan fingerprint density at radius 2 is 1.53 bits per heavy atom. The van der Waals surface area contributed by atoms with Crippen LogP contribution in [0.3, 0.4) is 0 Å².